The summed E-state index contributed by atoms with van der Waals surface area (Å²) in [4.78, 5) is 0. The summed E-state index contributed by atoms with van der Waals surface area (Å²) in [7, 11) is 2.46. The van der Waals surface area contributed by atoms with Crippen LogP contribution in [-0.4, -0.2) is 41.9 Å². The van der Waals surface area contributed by atoms with E-state index in [9.17, 15) is 5.11 Å². The van der Waals surface area contributed by atoms with Gasteiger partial charge in [0.25, 0.3) is 0 Å². The quantitative estimate of drug-likeness (QED) is 0.696. The van der Waals surface area contributed by atoms with E-state index < -0.39 is 0 Å². The lowest BCUT2D eigenvalue weighted by Crippen LogP contribution is -2.62. The van der Waals surface area contributed by atoms with Crippen molar-refractivity contribution in [1.82, 2.24) is 0 Å². The average molecular weight is 238 g/mol. The summed E-state index contributed by atoms with van der Waals surface area (Å²) in [5.74, 6) is 1.26. The van der Waals surface area contributed by atoms with Crippen LogP contribution in [0.1, 0.15) is 51.4 Å². The molecule has 2 saturated carbocycles. The van der Waals surface area contributed by atoms with Gasteiger partial charge in [-0.25, -0.2) is 0 Å². The fourth-order valence-corrected chi connectivity index (χ4v) is 4.98. The van der Waals surface area contributed by atoms with Crippen molar-refractivity contribution < 1.29 is 9.59 Å². The van der Waals surface area contributed by atoms with E-state index in [1.54, 1.807) is 0 Å². The van der Waals surface area contributed by atoms with Gasteiger partial charge in [-0.2, -0.15) is 0 Å². The number of rotatable bonds is 1. The van der Waals surface area contributed by atoms with Crippen LogP contribution >= 0.6 is 0 Å². The second-order valence-corrected chi connectivity index (χ2v) is 6.98. The first-order valence-corrected chi connectivity index (χ1v) is 7.73. The molecule has 2 nitrogen and oxygen atoms in total. The third kappa shape index (κ3) is 2.04. The Morgan fingerprint density at radius 1 is 0.882 bits per heavy atom. The molecule has 1 N–H and O–H groups in total. The summed E-state index contributed by atoms with van der Waals surface area (Å²) in [6.07, 6.45) is 10.9. The molecule has 1 aliphatic heterocycles. The molecule has 3 rings (SSSR count). The summed E-state index contributed by atoms with van der Waals surface area (Å²) >= 11 is 0. The van der Waals surface area contributed by atoms with Crippen LogP contribution in [0.5, 0.6) is 0 Å². The Balaban J connectivity index is 1.77. The molecule has 3 fully saturated rings. The zero-order valence-electron chi connectivity index (χ0n) is 11.3. The highest BCUT2D eigenvalue weighted by Crippen LogP contribution is 2.44. The lowest BCUT2D eigenvalue weighted by Gasteiger charge is -2.53. The van der Waals surface area contributed by atoms with Crippen LogP contribution in [0.4, 0.5) is 0 Å². The van der Waals surface area contributed by atoms with Gasteiger partial charge in [-0.3, -0.25) is 0 Å². The molecular weight excluding hydrogens is 210 g/mol. The molecule has 4 atom stereocenters. The lowest BCUT2D eigenvalue weighted by molar-refractivity contribution is -0.943. The van der Waals surface area contributed by atoms with Crippen molar-refractivity contribution in [3.05, 3.63) is 0 Å². The zero-order valence-corrected chi connectivity index (χ0v) is 11.3. The van der Waals surface area contributed by atoms with E-state index in [-0.39, 0.29) is 6.10 Å². The molecule has 0 unspecified atom stereocenters. The van der Waals surface area contributed by atoms with Crippen molar-refractivity contribution in [2.24, 2.45) is 11.8 Å². The maximum Gasteiger partial charge on any atom is 0.0941 e. The van der Waals surface area contributed by atoms with E-state index >= 15 is 0 Å². The third-order valence-corrected chi connectivity index (χ3v) is 6.00. The van der Waals surface area contributed by atoms with Crippen LogP contribution in [0.15, 0.2) is 0 Å². The molecule has 0 spiro atoms. The van der Waals surface area contributed by atoms with Gasteiger partial charge in [0.2, 0.25) is 0 Å². The number of aliphatic hydroxyl groups excluding tert-OH is 1. The van der Waals surface area contributed by atoms with Gasteiger partial charge in [-0.1, -0.05) is 6.42 Å². The van der Waals surface area contributed by atoms with E-state index in [1.165, 1.54) is 68.9 Å². The minimum atomic E-state index is 0.0272. The highest BCUT2D eigenvalue weighted by molar-refractivity contribution is 4.92. The Hall–Kier alpha value is -0.0800. The van der Waals surface area contributed by atoms with Crippen LogP contribution in [0.25, 0.3) is 0 Å². The number of hydrogen-bond acceptors (Lipinski definition) is 1. The molecule has 1 saturated heterocycles. The van der Waals surface area contributed by atoms with Crippen molar-refractivity contribution in [2.75, 3.05) is 20.1 Å². The molecule has 17 heavy (non-hydrogen) atoms. The van der Waals surface area contributed by atoms with Crippen LogP contribution in [0.3, 0.4) is 0 Å². The first-order valence-electron chi connectivity index (χ1n) is 7.73. The fourth-order valence-electron chi connectivity index (χ4n) is 4.98. The number of nitrogens with zero attached hydrogens (tertiary/aromatic N) is 1. The molecule has 2 heteroatoms. The minimum absolute atomic E-state index is 0.0272. The molecule has 2 bridgehead atoms. The summed E-state index contributed by atoms with van der Waals surface area (Å²) < 4.78 is 1.27. The van der Waals surface area contributed by atoms with Gasteiger partial charge in [0.15, 0.2) is 0 Å². The molecule has 2 aliphatic carbocycles. The van der Waals surface area contributed by atoms with Gasteiger partial charge < -0.3 is 9.59 Å². The summed E-state index contributed by atoms with van der Waals surface area (Å²) in [6.45, 7) is 2.72. The lowest BCUT2D eigenvalue weighted by atomic mass is 9.66. The van der Waals surface area contributed by atoms with Crippen molar-refractivity contribution in [2.45, 2.75) is 63.5 Å². The van der Waals surface area contributed by atoms with E-state index in [2.05, 4.69) is 7.05 Å². The molecule has 3 aliphatic rings. The molecule has 1 heterocycles. The van der Waals surface area contributed by atoms with Crippen LogP contribution in [-0.2, 0) is 0 Å². The minimum Gasteiger partial charge on any atom is -0.392 e. The van der Waals surface area contributed by atoms with Gasteiger partial charge in [0.05, 0.1) is 32.3 Å². The normalized spacial score (nSPS) is 45.5. The molecule has 0 aromatic rings. The number of fused-ring (bicyclic) bond motifs is 2. The third-order valence-electron chi connectivity index (χ3n) is 6.00. The van der Waals surface area contributed by atoms with E-state index in [0.717, 1.165) is 6.04 Å². The summed E-state index contributed by atoms with van der Waals surface area (Å²) in [5, 5.41) is 10.5. The van der Waals surface area contributed by atoms with Gasteiger partial charge in [-0.05, 0) is 44.4 Å². The standard InChI is InChI=1S/C15H28NO/c1-16(10-3-2-4-11-16)14-9-8-12-6-5-7-13(14)15(12)17/h12-15,17H,2-11H2,1H3/q+1/t12-,13-,14+,15+/m1/s1. The molecule has 0 aromatic heterocycles. The first-order chi connectivity index (χ1) is 8.21. The molecular formula is C15H28NO+. The number of hydrogen-bond donors (Lipinski definition) is 1. The number of aliphatic hydroxyl groups is 1. The van der Waals surface area contributed by atoms with E-state index in [1.807, 2.05) is 0 Å². The van der Waals surface area contributed by atoms with Gasteiger partial charge in [0.1, 0.15) is 0 Å². The topological polar surface area (TPSA) is 20.2 Å². The highest BCUT2D eigenvalue weighted by Gasteiger charge is 2.48. The Kier molecular flexibility index (Phi) is 3.20. The van der Waals surface area contributed by atoms with Crippen LogP contribution < -0.4 is 0 Å². The maximum atomic E-state index is 10.5. The van der Waals surface area contributed by atoms with Crippen molar-refractivity contribution in [3.8, 4) is 0 Å². The predicted octanol–water partition coefficient (Wildman–Crippen LogP) is 2.56. The number of quaternary nitrogens is 1. The van der Waals surface area contributed by atoms with Crippen LogP contribution in [0, 0.1) is 11.8 Å². The van der Waals surface area contributed by atoms with Crippen molar-refractivity contribution in [1.29, 1.82) is 0 Å². The van der Waals surface area contributed by atoms with E-state index in [0.29, 0.717) is 11.8 Å². The number of likely N-dealkylation sites (tertiary alicyclic amines) is 1. The predicted molar refractivity (Wildman–Crippen MR) is 69.6 cm³/mol. The second kappa shape index (κ2) is 4.55. The molecule has 0 radical (unpaired) electrons. The molecule has 98 valence electrons. The highest BCUT2D eigenvalue weighted by atomic mass is 16.3. The van der Waals surface area contributed by atoms with Crippen molar-refractivity contribution in [3.63, 3.8) is 0 Å². The molecule has 0 amide bonds. The Labute approximate surface area is 106 Å². The van der Waals surface area contributed by atoms with E-state index in [4.69, 9.17) is 0 Å². The smallest absolute Gasteiger partial charge is 0.0941 e. The monoisotopic (exact) mass is 238 g/mol. The van der Waals surface area contributed by atoms with Gasteiger partial charge >= 0.3 is 0 Å². The summed E-state index contributed by atoms with van der Waals surface area (Å²) in [6, 6.07) is 0.766. The van der Waals surface area contributed by atoms with Gasteiger partial charge in [-0.15, -0.1) is 0 Å². The molecule has 0 aromatic carbocycles. The Bertz CT molecular complexity index is 272. The first kappa shape index (κ1) is 12.0. The second-order valence-electron chi connectivity index (χ2n) is 6.98. The average Bonchev–Trinajstić information content (AvgIpc) is 2.29. The number of piperidine rings is 1. The zero-order chi connectivity index (χ0) is 11.9. The fraction of sp³-hybridized carbons (Fsp3) is 1.00. The van der Waals surface area contributed by atoms with Crippen molar-refractivity contribution >= 4 is 0 Å². The largest absolute Gasteiger partial charge is 0.392 e. The summed E-state index contributed by atoms with van der Waals surface area (Å²) in [5.41, 5.74) is 0. The SMILES string of the molecule is C[N+]1([C@H]2CC[C@H]3CCC[C@H]2[C@H]3O)CCCCC1. The van der Waals surface area contributed by atoms with Crippen LogP contribution in [0.2, 0.25) is 0 Å². The Morgan fingerprint density at radius 3 is 2.41 bits per heavy atom. The Morgan fingerprint density at radius 2 is 1.65 bits per heavy atom. The van der Waals surface area contributed by atoms with Gasteiger partial charge in [0, 0.05) is 12.3 Å². The maximum absolute atomic E-state index is 10.5.